The number of carbonyl (C=O) groups is 2. The third-order valence-corrected chi connectivity index (χ3v) is 5.79. The van der Waals surface area contributed by atoms with E-state index in [9.17, 15) is 9.59 Å². The second-order valence-corrected chi connectivity index (χ2v) is 8.06. The Morgan fingerprint density at radius 3 is 2.27 bits per heavy atom. The van der Waals surface area contributed by atoms with Crippen LogP contribution in [0.15, 0.2) is 84.1 Å². The SMILES string of the molecule is CC1=C(C(=O)Nc2ccccc2C)C(c2ccc(C#N)cc2)NC(=O)N1c1ccc(C)cc1. The van der Waals surface area contributed by atoms with E-state index in [1.54, 1.807) is 31.2 Å². The molecule has 0 radical (unpaired) electrons. The summed E-state index contributed by atoms with van der Waals surface area (Å²) in [5.41, 5.74) is 5.61. The summed E-state index contributed by atoms with van der Waals surface area (Å²) in [5.74, 6) is -0.298. The number of allylic oxidation sites excluding steroid dienone is 1. The first-order valence-corrected chi connectivity index (χ1v) is 10.6. The van der Waals surface area contributed by atoms with E-state index < -0.39 is 6.04 Å². The average molecular weight is 437 g/mol. The van der Waals surface area contributed by atoms with E-state index in [1.807, 2.05) is 62.4 Å². The van der Waals surface area contributed by atoms with Crippen LogP contribution >= 0.6 is 0 Å². The Hall–Kier alpha value is -4.37. The van der Waals surface area contributed by atoms with Crippen molar-refractivity contribution in [1.82, 2.24) is 5.32 Å². The van der Waals surface area contributed by atoms with Crippen molar-refractivity contribution < 1.29 is 9.59 Å². The summed E-state index contributed by atoms with van der Waals surface area (Å²) < 4.78 is 0. The Balaban J connectivity index is 1.81. The predicted octanol–water partition coefficient (Wildman–Crippen LogP) is 5.36. The molecule has 33 heavy (non-hydrogen) atoms. The minimum Gasteiger partial charge on any atom is -0.326 e. The molecule has 6 heteroatoms. The molecule has 1 aliphatic rings. The van der Waals surface area contributed by atoms with Gasteiger partial charge in [-0.05, 0) is 62.2 Å². The van der Waals surface area contributed by atoms with Crippen molar-refractivity contribution in [3.8, 4) is 6.07 Å². The lowest BCUT2D eigenvalue weighted by Gasteiger charge is -2.36. The van der Waals surface area contributed by atoms with E-state index in [-0.39, 0.29) is 11.9 Å². The van der Waals surface area contributed by atoms with Crippen LogP contribution in [-0.4, -0.2) is 11.9 Å². The van der Waals surface area contributed by atoms with Crippen molar-refractivity contribution in [2.45, 2.75) is 26.8 Å². The number of para-hydroxylation sites is 1. The number of aryl methyl sites for hydroxylation is 2. The molecule has 0 aliphatic carbocycles. The maximum absolute atomic E-state index is 13.6. The second kappa shape index (κ2) is 9.01. The number of amides is 3. The largest absolute Gasteiger partial charge is 0.326 e. The molecule has 0 fully saturated rings. The van der Waals surface area contributed by atoms with Crippen LogP contribution < -0.4 is 15.5 Å². The molecule has 1 heterocycles. The van der Waals surface area contributed by atoms with Gasteiger partial charge in [0.25, 0.3) is 5.91 Å². The smallest absolute Gasteiger partial charge is 0.326 e. The summed E-state index contributed by atoms with van der Waals surface area (Å²) in [6.45, 7) is 5.68. The molecule has 3 aromatic carbocycles. The van der Waals surface area contributed by atoms with Crippen molar-refractivity contribution in [3.05, 3.63) is 106 Å². The molecule has 0 spiro atoms. The zero-order chi connectivity index (χ0) is 23.5. The molecular weight excluding hydrogens is 412 g/mol. The van der Waals surface area contributed by atoms with Crippen molar-refractivity contribution in [2.75, 3.05) is 10.2 Å². The quantitative estimate of drug-likeness (QED) is 0.577. The Morgan fingerprint density at radius 1 is 0.970 bits per heavy atom. The summed E-state index contributed by atoms with van der Waals surface area (Å²) in [5, 5.41) is 15.1. The Bertz CT molecular complexity index is 1280. The van der Waals surface area contributed by atoms with Crippen LogP contribution in [0.5, 0.6) is 0 Å². The first-order chi connectivity index (χ1) is 15.9. The first-order valence-electron chi connectivity index (χ1n) is 10.6. The molecule has 6 nitrogen and oxygen atoms in total. The third-order valence-electron chi connectivity index (χ3n) is 5.79. The van der Waals surface area contributed by atoms with Crippen LogP contribution in [0.4, 0.5) is 16.2 Å². The fourth-order valence-electron chi connectivity index (χ4n) is 3.94. The van der Waals surface area contributed by atoms with E-state index >= 15 is 0 Å². The normalized spacial score (nSPS) is 15.6. The highest BCUT2D eigenvalue weighted by atomic mass is 16.2. The molecule has 0 saturated heterocycles. The number of nitrogens with one attached hydrogen (secondary N) is 2. The molecule has 0 aromatic heterocycles. The van der Waals surface area contributed by atoms with E-state index in [4.69, 9.17) is 5.26 Å². The lowest BCUT2D eigenvalue weighted by atomic mass is 9.93. The van der Waals surface area contributed by atoms with Gasteiger partial charge in [0.15, 0.2) is 0 Å². The van der Waals surface area contributed by atoms with Crippen molar-refractivity contribution in [3.63, 3.8) is 0 Å². The van der Waals surface area contributed by atoms with Gasteiger partial charge in [-0.2, -0.15) is 5.26 Å². The van der Waals surface area contributed by atoms with E-state index in [1.165, 1.54) is 4.90 Å². The van der Waals surface area contributed by atoms with Crippen LogP contribution in [0.1, 0.15) is 35.2 Å². The molecule has 0 saturated carbocycles. The van der Waals surface area contributed by atoms with Crippen molar-refractivity contribution in [2.24, 2.45) is 0 Å². The topological polar surface area (TPSA) is 85.2 Å². The lowest BCUT2D eigenvalue weighted by molar-refractivity contribution is -0.113. The molecule has 4 rings (SSSR count). The molecule has 3 amide bonds. The van der Waals surface area contributed by atoms with Gasteiger partial charge in [0, 0.05) is 11.4 Å². The second-order valence-electron chi connectivity index (χ2n) is 8.06. The Morgan fingerprint density at radius 2 is 1.64 bits per heavy atom. The number of carbonyl (C=O) groups excluding carboxylic acids is 2. The molecule has 0 bridgehead atoms. The van der Waals surface area contributed by atoms with Crippen LogP contribution in [0.3, 0.4) is 0 Å². The van der Waals surface area contributed by atoms with Crippen LogP contribution in [0, 0.1) is 25.2 Å². The van der Waals surface area contributed by atoms with Gasteiger partial charge in [-0.25, -0.2) is 4.79 Å². The number of rotatable bonds is 4. The molecule has 1 atom stereocenters. The fourth-order valence-corrected chi connectivity index (χ4v) is 3.94. The highest BCUT2D eigenvalue weighted by molar-refractivity contribution is 6.10. The maximum Gasteiger partial charge on any atom is 0.326 e. The van der Waals surface area contributed by atoms with E-state index in [0.717, 1.165) is 16.7 Å². The summed E-state index contributed by atoms with van der Waals surface area (Å²) in [6, 6.07) is 23.1. The van der Waals surface area contributed by atoms with Gasteiger partial charge in [-0.3, -0.25) is 9.69 Å². The van der Waals surface area contributed by atoms with Gasteiger partial charge < -0.3 is 10.6 Å². The van der Waals surface area contributed by atoms with Gasteiger partial charge >= 0.3 is 6.03 Å². The molecule has 164 valence electrons. The third kappa shape index (κ3) is 4.35. The maximum atomic E-state index is 13.6. The monoisotopic (exact) mass is 436 g/mol. The minimum absolute atomic E-state index is 0.298. The number of benzene rings is 3. The van der Waals surface area contributed by atoms with Gasteiger partial charge in [0.1, 0.15) is 0 Å². The lowest BCUT2D eigenvalue weighted by Crippen LogP contribution is -2.48. The van der Waals surface area contributed by atoms with Gasteiger partial charge in [0.05, 0.1) is 28.9 Å². The fraction of sp³-hybridized carbons (Fsp3) is 0.148. The summed E-state index contributed by atoms with van der Waals surface area (Å²) in [7, 11) is 0. The Kier molecular flexibility index (Phi) is 5.97. The predicted molar refractivity (Wildman–Crippen MR) is 129 cm³/mol. The number of urea groups is 1. The summed E-state index contributed by atoms with van der Waals surface area (Å²) in [6.07, 6.45) is 0. The van der Waals surface area contributed by atoms with E-state index in [0.29, 0.717) is 28.2 Å². The first kappa shape index (κ1) is 21.8. The van der Waals surface area contributed by atoms with Gasteiger partial charge in [0.2, 0.25) is 0 Å². The molecular formula is C27H24N4O2. The highest BCUT2D eigenvalue weighted by Gasteiger charge is 2.36. The average Bonchev–Trinajstić information content (AvgIpc) is 2.81. The molecule has 2 N–H and O–H groups in total. The van der Waals surface area contributed by atoms with Gasteiger partial charge in [-0.15, -0.1) is 0 Å². The van der Waals surface area contributed by atoms with Crippen LogP contribution in [0.2, 0.25) is 0 Å². The molecule has 1 unspecified atom stereocenters. The summed E-state index contributed by atoms with van der Waals surface area (Å²) >= 11 is 0. The molecule has 3 aromatic rings. The number of nitriles is 1. The minimum atomic E-state index is -0.657. The van der Waals surface area contributed by atoms with Crippen molar-refractivity contribution in [1.29, 1.82) is 5.26 Å². The number of anilines is 2. The zero-order valence-electron chi connectivity index (χ0n) is 18.7. The van der Waals surface area contributed by atoms with Crippen LogP contribution in [0.25, 0.3) is 0 Å². The number of hydrogen-bond acceptors (Lipinski definition) is 3. The number of hydrogen-bond donors (Lipinski definition) is 2. The van der Waals surface area contributed by atoms with E-state index in [2.05, 4.69) is 16.7 Å². The van der Waals surface area contributed by atoms with Gasteiger partial charge in [-0.1, -0.05) is 48.0 Å². The van der Waals surface area contributed by atoms with Crippen LogP contribution in [-0.2, 0) is 4.79 Å². The standard InChI is InChI=1S/C27H24N4O2/c1-17-8-14-22(15-9-17)31-19(3)24(26(32)29-23-7-5-4-6-18(23)2)25(30-27(31)33)21-12-10-20(16-28)11-13-21/h4-15,25H,1-3H3,(H,29,32)(H,30,33). The number of nitrogens with zero attached hydrogens (tertiary/aromatic N) is 2. The molecule has 1 aliphatic heterocycles. The highest BCUT2D eigenvalue weighted by Crippen LogP contribution is 2.34. The van der Waals surface area contributed by atoms with Crippen molar-refractivity contribution >= 4 is 23.3 Å². The Labute approximate surface area is 193 Å². The zero-order valence-corrected chi connectivity index (χ0v) is 18.7. The summed E-state index contributed by atoms with van der Waals surface area (Å²) in [4.78, 5) is 28.3.